The summed E-state index contributed by atoms with van der Waals surface area (Å²) >= 11 is 0. The molecule has 1 aromatic heterocycles. The van der Waals surface area contributed by atoms with Crippen LogP contribution in [0.1, 0.15) is 24.1 Å². The van der Waals surface area contributed by atoms with Crippen LogP contribution in [0.25, 0.3) is 10.8 Å². The summed E-state index contributed by atoms with van der Waals surface area (Å²) in [6.07, 6.45) is 2.40. The number of hydrogen-bond acceptors (Lipinski definition) is 6. The van der Waals surface area contributed by atoms with Gasteiger partial charge in [-0.25, -0.2) is 9.48 Å². The Morgan fingerprint density at radius 3 is 2.38 bits per heavy atom. The third-order valence-electron chi connectivity index (χ3n) is 6.09. The summed E-state index contributed by atoms with van der Waals surface area (Å²) in [5, 5.41) is 11.7. The van der Waals surface area contributed by atoms with Gasteiger partial charge in [-0.2, -0.15) is 5.10 Å². The van der Waals surface area contributed by atoms with Crippen molar-refractivity contribution in [3.05, 3.63) is 64.1 Å². The molecule has 180 valence electrons. The van der Waals surface area contributed by atoms with Crippen molar-refractivity contribution in [2.45, 2.75) is 32.5 Å². The second kappa shape index (κ2) is 11.0. The fraction of sp³-hybridized carbons (Fsp3) is 0.400. The number of hydrogen-bond donors (Lipinski definition) is 2. The van der Waals surface area contributed by atoms with Crippen LogP contribution in [0.3, 0.4) is 0 Å². The molecule has 0 bridgehead atoms. The van der Waals surface area contributed by atoms with E-state index in [1.165, 1.54) is 17.5 Å². The molecule has 0 aliphatic carbocycles. The smallest absolute Gasteiger partial charge is 0.315 e. The van der Waals surface area contributed by atoms with Crippen LogP contribution in [0.2, 0.25) is 0 Å². The Hall–Kier alpha value is -3.59. The second-order valence-corrected chi connectivity index (χ2v) is 8.29. The second-order valence-electron chi connectivity index (χ2n) is 8.29. The van der Waals surface area contributed by atoms with Gasteiger partial charge in [-0.1, -0.05) is 24.3 Å². The zero-order valence-electron chi connectivity index (χ0n) is 19.7. The molecule has 2 aromatic carbocycles. The molecule has 0 spiro atoms. The Balaban J connectivity index is 1.42. The SMILES string of the molecule is COc1ccc(CNC(=O)NCc2nn(CCN3CCCC3)c(=O)c3ccccc23)cc1OC. The fourth-order valence-corrected chi connectivity index (χ4v) is 4.23. The van der Waals surface area contributed by atoms with Crippen molar-refractivity contribution in [2.75, 3.05) is 33.9 Å². The molecule has 1 aliphatic heterocycles. The minimum Gasteiger partial charge on any atom is -0.493 e. The van der Waals surface area contributed by atoms with E-state index in [4.69, 9.17) is 9.47 Å². The standard InChI is InChI=1S/C25H31N5O4/c1-33-22-10-9-18(15-23(22)34-2)16-26-25(32)27-17-21-19-7-3-4-8-20(19)24(31)30(28-21)14-13-29-11-5-6-12-29/h3-4,7-10,15H,5-6,11-14,16-17H2,1-2H3,(H2,26,27,32). The molecule has 2 amide bonds. The number of amides is 2. The van der Waals surface area contributed by atoms with Gasteiger partial charge in [-0.3, -0.25) is 4.79 Å². The molecule has 2 N–H and O–H groups in total. The van der Waals surface area contributed by atoms with Crippen molar-refractivity contribution in [2.24, 2.45) is 0 Å². The fourth-order valence-electron chi connectivity index (χ4n) is 4.23. The molecule has 9 nitrogen and oxygen atoms in total. The molecule has 9 heteroatoms. The van der Waals surface area contributed by atoms with Crippen molar-refractivity contribution in [1.29, 1.82) is 0 Å². The average Bonchev–Trinajstić information content (AvgIpc) is 3.40. The number of carbonyl (C=O) groups is 1. The maximum absolute atomic E-state index is 12.9. The Bertz CT molecular complexity index is 1200. The van der Waals surface area contributed by atoms with Crippen molar-refractivity contribution in [3.63, 3.8) is 0 Å². The highest BCUT2D eigenvalue weighted by Crippen LogP contribution is 2.27. The van der Waals surface area contributed by atoms with Gasteiger partial charge in [0.25, 0.3) is 5.56 Å². The number of nitrogens with zero attached hydrogens (tertiary/aromatic N) is 3. The Morgan fingerprint density at radius 2 is 1.65 bits per heavy atom. The molecule has 0 atom stereocenters. The van der Waals surface area contributed by atoms with E-state index in [9.17, 15) is 9.59 Å². The molecule has 0 unspecified atom stereocenters. The van der Waals surface area contributed by atoms with Crippen molar-refractivity contribution in [1.82, 2.24) is 25.3 Å². The lowest BCUT2D eigenvalue weighted by Gasteiger charge is -2.16. The van der Waals surface area contributed by atoms with Gasteiger partial charge in [0.15, 0.2) is 11.5 Å². The zero-order valence-corrected chi connectivity index (χ0v) is 19.7. The van der Waals surface area contributed by atoms with Crippen molar-refractivity contribution in [3.8, 4) is 11.5 Å². The third-order valence-corrected chi connectivity index (χ3v) is 6.09. The Morgan fingerprint density at radius 1 is 0.941 bits per heavy atom. The van der Waals surface area contributed by atoms with Crippen LogP contribution in [0.5, 0.6) is 11.5 Å². The number of urea groups is 1. The third kappa shape index (κ3) is 5.48. The molecule has 4 rings (SSSR count). The number of likely N-dealkylation sites (tertiary alicyclic amines) is 1. The molecule has 34 heavy (non-hydrogen) atoms. The summed E-state index contributed by atoms with van der Waals surface area (Å²) in [7, 11) is 3.15. The number of ether oxygens (including phenoxy) is 2. The number of aromatic nitrogens is 2. The number of fused-ring (bicyclic) bond motifs is 1. The first-order valence-corrected chi connectivity index (χ1v) is 11.5. The van der Waals surface area contributed by atoms with Gasteiger partial charge < -0.3 is 25.0 Å². The molecule has 0 radical (unpaired) electrons. The van der Waals surface area contributed by atoms with Gasteiger partial charge in [0.2, 0.25) is 0 Å². The Labute approximate surface area is 198 Å². The largest absolute Gasteiger partial charge is 0.493 e. The van der Waals surface area contributed by atoms with Gasteiger partial charge in [-0.05, 0) is 49.7 Å². The molecule has 3 aromatic rings. The summed E-state index contributed by atoms with van der Waals surface area (Å²) in [6, 6.07) is 12.6. The van der Waals surface area contributed by atoms with E-state index in [0.29, 0.717) is 35.7 Å². The minimum atomic E-state index is -0.324. The first-order valence-electron chi connectivity index (χ1n) is 11.5. The van der Waals surface area contributed by atoms with Crippen LogP contribution < -0.4 is 25.7 Å². The van der Waals surface area contributed by atoms with Gasteiger partial charge in [-0.15, -0.1) is 0 Å². The molecule has 1 saturated heterocycles. The Kier molecular flexibility index (Phi) is 7.64. The van der Waals surface area contributed by atoms with Crippen LogP contribution in [0.15, 0.2) is 47.3 Å². The van der Waals surface area contributed by atoms with E-state index in [0.717, 1.165) is 30.6 Å². The lowest BCUT2D eigenvalue weighted by Crippen LogP contribution is -2.36. The van der Waals surface area contributed by atoms with Gasteiger partial charge in [0.1, 0.15) is 0 Å². The maximum atomic E-state index is 12.9. The monoisotopic (exact) mass is 465 g/mol. The lowest BCUT2D eigenvalue weighted by atomic mass is 10.1. The van der Waals surface area contributed by atoms with E-state index >= 15 is 0 Å². The molecular formula is C25H31N5O4. The molecule has 0 saturated carbocycles. The zero-order chi connectivity index (χ0) is 23.9. The number of methoxy groups -OCH3 is 2. The van der Waals surface area contributed by atoms with E-state index < -0.39 is 0 Å². The summed E-state index contributed by atoms with van der Waals surface area (Å²) in [4.78, 5) is 27.8. The number of carbonyl (C=O) groups excluding carboxylic acids is 1. The number of nitrogens with one attached hydrogen (secondary N) is 2. The molecule has 1 fully saturated rings. The highest BCUT2D eigenvalue weighted by molar-refractivity contribution is 5.84. The van der Waals surface area contributed by atoms with E-state index in [1.807, 2.05) is 36.4 Å². The maximum Gasteiger partial charge on any atom is 0.315 e. The summed E-state index contributed by atoms with van der Waals surface area (Å²) in [5.41, 5.74) is 1.45. The normalized spacial score (nSPS) is 13.7. The van der Waals surface area contributed by atoms with Crippen molar-refractivity contribution >= 4 is 16.8 Å². The lowest BCUT2D eigenvalue weighted by molar-refractivity contribution is 0.240. The van der Waals surface area contributed by atoms with Crippen LogP contribution >= 0.6 is 0 Å². The van der Waals surface area contributed by atoms with Gasteiger partial charge in [0.05, 0.1) is 38.4 Å². The van der Waals surface area contributed by atoms with Gasteiger partial charge >= 0.3 is 6.03 Å². The van der Waals surface area contributed by atoms with E-state index in [2.05, 4.69) is 20.6 Å². The predicted molar refractivity (Wildman–Crippen MR) is 130 cm³/mol. The average molecular weight is 466 g/mol. The predicted octanol–water partition coefficient (Wildman–Crippen LogP) is 2.51. The quantitative estimate of drug-likeness (QED) is 0.504. The highest BCUT2D eigenvalue weighted by atomic mass is 16.5. The van der Waals surface area contributed by atoms with E-state index in [-0.39, 0.29) is 18.1 Å². The van der Waals surface area contributed by atoms with Gasteiger partial charge in [0, 0.05) is 18.5 Å². The molecular weight excluding hydrogens is 434 g/mol. The first kappa shape index (κ1) is 23.6. The molecule has 2 heterocycles. The first-order chi connectivity index (χ1) is 16.6. The number of benzene rings is 2. The van der Waals surface area contributed by atoms with Crippen LogP contribution in [0, 0.1) is 0 Å². The molecule has 1 aliphatic rings. The van der Waals surface area contributed by atoms with Crippen LogP contribution in [-0.4, -0.2) is 54.6 Å². The number of rotatable bonds is 9. The highest BCUT2D eigenvalue weighted by Gasteiger charge is 2.15. The summed E-state index contributed by atoms with van der Waals surface area (Å²) in [5.74, 6) is 1.24. The summed E-state index contributed by atoms with van der Waals surface area (Å²) < 4.78 is 12.1. The topological polar surface area (TPSA) is 97.7 Å². The van der Waals surface area contributed by atoms with E-state index in [1.54, 1.807) is 20.3 Å². The van der Waals surface area contributed by atoms with Crippen LogP contribution in [0.4, 0.5) is 4.79 Å². The van der Waals surface area contributed by atoms with Crippen LogP contribution in [-0.2, 0) is 19.6 Å². The summed E-state index contributed by atoms with van der Waals surface area (Å²) in [6.45, 7) is 4.00. The van der Waals surface area contributed by atoms with Crippen molar-refractivity contribution < 1.29 is 14.3 Å². The minimum absolute atomic E-state index is 0.101.